The third-order valence-electron chi connectivity index (χ3n) is 2.88. The van der Waals surface area contributed by atoms with Crippen LogP contribution in [0.15, 0.2) is 6.20 Å². The van der Waals surface area contributed by atoms with Crippen molar-refractivity contribution in [3.63, 3.8) is 0 Å². The number of aromatic nitrogens is 1. The average Bonchev–Trinajstić information content (AvgIpc) is 2.72. The van der Waals surface area contributed by atoms with Gasteiger partial charge in [-0.3, -0.25) is 0 Å². The predicted octanol–water partition coefficient (Wildman–Crippen LogP) is 3.09. The lowest BCUT2D eigenvalue weighted by Crippen LogP contribution is -2.45. The molecular weight excluding hydrogens is 286 g/mol. The van der Waals surface area contributed by atoms with E-state index in [4.69, 9.17) is 4.74 Å². The van der Waals surface area contributed by atoms with Gasteiger partial charge in [-0.15, -0.1) is 11.3 Å². The summed E-state index contributed by atoms with van der Waals surface area (Å²) in [5.74, 6) is 0.411. The molecule has 0 radical (unpaired) electrons. The summed E-state index contributed by atoms with van der Waals surface area (Å²) in [6.07, 6.45) is 1.52. The topological polar surface area (TPSA) is 63.2 Å². The summed E-state index contributed by atoms with van der Waals surface area (Å²) >= 11 is 1.69. The second-order valence-corrected chi connectivity index (χ2v) is 7.78. The molecule has 0 spiro atoms. The fraction of sp³-hybridized carbons (Fsp3) is 0.733. The Morgan fingerprint density at radius 2 is 2.10 bits per heavy atom. The molecule has 1 aromatic heterocycles. The van der Waals surface area contributed by atoms with Crippen molar-refractivity contribution in [1.82, 2.24) is 15.6 Å². The van der Waals surface area contributed by atoms with Crippen LogP contribution in [0.25, 0.3) is 0 Å². The zero-order valence-corrected chi connectivity index (χ0v) is 14.6. The SMILES string of the molecule is Cc1ncc(CNC(CNC(=O)OC(C)(C)C)C(C)C)s1. The van der Waals surface area contributed by atoms with E-state index in [1.54, 1.807) is 11.3 Å². The smallest absolute Gasteiger partial charge is 0.407 e. The molecule has 5 nitrogen and oxygen atoms in total. The number of rotatable bonds is 6. The van der Waals surface area contributed by atoms with Crippen LogP contribution in [0.3, 0.4) is 0 Å². The van der Waals surface area contributed by atoms with Crippen LogP contribution in [0.2, 0.25) is 0 Å². The highest BCUT2D eigenvalue weighted by atomic mass is 32.1. The molecule has 1 aromatic rings. The van der Waals surface area contributed by atoms with Gasteiger partial charge in [-0.05, 0) is 33.6 Å². The highest BCUT2D eigenvalue weighted by molar-refractivity contribution is 7.11. The number of nitrogens with one attached hydrogen (secondary N) is 2. The van der Waals surface area contributed by atoms with Gasteiger partial charge in [0.25, 0.3) is 0 Å². The van der Waals surface area contributed by atoms with Crippen molar-refractivity contribution in [1.29, 1.82) is 0 Å². The summed E-state index contributed by atoms with van der Waals surface area (Å²) in [5, 5.41) is 7.36. The van der Waals surface area contributed by atoms with Gasteiger partial charge < -0.3 is 15.4 Å². The van der Waals surface area contributed by atoms with E-state index < -0.39 is 5.60 Å². The fourth-order valence-corrected chi connectivity index (χ4v) is 2.52. The Hall–Kier alpha value is -1.14. The minimum absolute atomic E-state index is 0.194. The second kappa shape index (κ2) is 7.75. The number of alkyl carbamates (subject to hydrolysis) is 1. The van der Waals surface area contributed by atoms with E-state index >= 15 is 0 Å². The molecule has 1 amide bonds. The van der Waals surface area contributed by atoms with Gasteiger partial charge >= 0.3 is 6.09 Å². The molecule has 0 fully saturated rings. The van der Waals surface area contributed by atoms with Gasteiger partial charge in [0.05, 0.1) is 5.01 Å². The average molecular weight is 313 g/mol. The van der Waals surface area contributed by atoms with Crippen molar-refractivity contribution in [2.24, 2.45) is 5.92 Å². The predicted molar refractivity (Wildman–Crippen MR) is 86.6 cm³/mol. The lowest BCUT2D eigenvalue weighted by molar-refractivity contribution is 0.0519. The molecule has 0 saturated carbocycles. The van der Waals surface area contributed by atoms with Gasteiger partial charge in [0.2, 0.25) is 0 Å². The Bertz CT molecular complexity index is 452. The molecule has 120 valence electrons. The number of ether oxygens (including phenoxy) is 1. The number of amides is 1. The van der Waals surface area contributed by atoms with Crippen LogP contribution < -0.4 is 10.6 Å². The largest absolute Gasteiger partial charge is 0.444 e. The van der Waals surface area contributed by atoms with E-state index in [0.29, 0.717) is 12.5 Å². The van der Waals surface area contributed by atoms with Gasteiger partial charge in [0, 0.05) is 30.2 Å². The van der Waals surface area contributed by atoms with Crippen LogP contribution in [-0.4, -0.2) is 29.3 Å². The van der Waals surface area contributed by atoms with Gasteiger partial charge in [0.1, 0.15) is 5.60 Å². The third kappa shape index (κ3) is 7.43. The van der Waals surface area contributed by atoms with Crippen molar-refractivity contribution in [2.75, 3.05) is 6.54 Å². The van der Waals surface area contributed by atoms with Crippen LogP contribution in [-0.2, 0) is 11.3 Å². The normalized spacial score (nSPS) is 13.3. The Kier molecular flexibility index (Phi) is 6.61. The summed E-state index contributed by atoms with van der Waals surface area (Å²) in [5.41, 5.74) is -0.467. The van der Waals surface area contributed by atoms with E-state index in [1.165, 1.54) is 4.88 Å². The van der Waals surface area contributed by atoms with Crippen LogP contribution in [0.4, 0.5) is 4.79 Å². The molecule has 1 rings (SSSR count). The van der Waals surface area contributed by atoms with Crippen LogP contribution >= 0.6 is 11.3 Å². The molecule has 0 aliphatic heterocycles. The zero-order valence-electron chi connectivity index (χ0n) is 13.8. The summed E-state index contributed by atoms with van der Waals surface area (Å²) in [6.45, 7) is 13.1. The summed E-state index contributed by atoms with van der Waals surface area (Å²) in [7, 11) is 0. The first-order valence-electron chi connectivity index (χ1n) is 7.29. The molecule has 1 atom stereocenters. The Labute approximate surface area is 131 Å². The van der Waals surface area contributed by atoms with E-state index in [1.807, 2.05) is 33.9 Å². The number of hydrogen-bond donors (Lipinski definition) is 2. The third-order valence-corrected chi connectivity index (χ3v) is 3.79. The number of nitrogens with zero attached hydrogens (tertiary/aromatic N) is 1. The Morgan fingerprint density at radius 1 is 1.43 bits per heavy atom. The lowest BCUT2D eigenvalue weighted by Gasteiger charge is -2.24. The second-order valence-electron chi connectivity index (χ2n) is 6.46. The van der Waals surface area contributed by atoms with Gasteiger partial charge in [-0.1, -0.05) is 13.8 Å². The van der Waals surface area contributed by atoms with Crippen molar-refractivity contribution in [3.8, 4) is 0 Å². The Balaban J connectivity index is 2.41. The molecule has 6 heteroatoms. The molecule has 0 saturated heterocycles. The first-order chi connectivity index (χ1) is 9.67. The Morgan fingerprint density at radius 3 is 2.57 bits per heavy atom. The molecule has 0 aromatic carbocycles. The van der Waals surface area contributed by atoms with Crippen LogP contribution in [0, 0.1) is 12.8 Å². The molecule has 0 bridgehead atoms. The van der Waals surface area contributed by atoms with Crippen molar-refractivity contribution in [2.45, 2.75) is 59.7 Å². The van der Waals surface area contributed by atoms with Gasteiger partial charge in [-0.2, -0.15) is 0 Å². The van der Waals surface area contributed by atoms with Crippen LogP contribution in [0.1, 0.15) is 44.5 Å². The summed E-state index contributed by atoms with van der Waals surface area (Å²) < 4.78 is 5.25. The highest BCUT2D eigenvalue weighted by Crippen LogP contribution is 2.12. The van der Waals surface area contributed by atoms with Crippen molar-refractivity contribution < 1.29 is 9.53 Å². The zero-order chi connectivity index (χ0) is 16.0. The molecular formula is C15H27N3O2S. The standard InChI is InChI=1S/C15H27N3O2S/c1-10(2)13(9-18-14(19)20-15(4,5)6)17-8-12-7-16-11(3)21-12/h7,10,13,17H,8-9H2,1-6H3,(H,18,19). The minimum Gasteiger partial charge on any atom is -0.444 e. The van der Waals surface area contributed by atoms with E-state index in [0.717, 1.165) is 11.6 Å². The fourth-order valence-electron chi connectivity index (χ4n) is 1.77. The number of hydrogen-bond acceptors (Lipinski definition) is 5. The van der Waals surface area contributed by atoms with Gasteiger partial charge in [-0.25, -0.2) is 9.78 Å². The molecule has 1 unspecified atom stereocenters. The summed E-state index contributed by atoms with van der Waals surface area (Å²) in [6, 6.07) is 0.194. The number of carbonyl (C=O) groups excluding carboxylic acids is 1. The summed E-state index contributed by atoms with van der Waals surface area (Å²) in [4.78, 5) is 17.1. The molecule has 0 aliphatic carbocycles. The maximum absolute atomic E-state index is 11.7. The molecule has 2 N–H and O–H groups in total. The molecule has 1 heterocycles. The van der Waals surface area contributed by atoms with Crippen molar-refractivity contribution in [3.05, 3.63) is 16.1 Å². The number of carbonyl (C=O) groups is 1. The van der Waals surface area contributed by atoms with Crippen molar-refractivity contribution >= 4 is 17.4 Å². The maximum atomic E-state index is 11.7. The maximum Gasteiger partial charge on any atom is 0.407 e. The van der Waals surface area contributed by atoms with Crippen LogP contribution in [0.5, 0.6) is 0 Å². The highest BCUT2D eigenvalue weighted by Gasteiger charge is 2.19. The van der Waals surface area contributed by atoms with E-state index in [9.17, 15) is 4.79 Å². The molecule has 0 aliphatic rings. The first kappa shape index (κ1) is 17.9. The number of thiazole rings is 1. The minimum atomic E-state index is -0.467. The van der Waals surface area contributed by atoms with E-state index in [-0.39, 0.29) is 12.1 Å². The lowest BCUT2D eigenvalue weighted by atomic mass is 10.0. The first-order valence-corrected chi connectivity index (χ1v) is 8.10. The molecule has 21 heavy (non-hydrogen) atoms. The monoisotopic (exact) mass is 313 g/mol. The van der Waals surface area contributed by atoms with E-state index in [2.05, 4.69) is 29.5 Å². The quantitative estimate of drug-likeness (QED) is 0.847. The number of aryl methyl sites for hydroxylation is 1. The van der Waals surface area contributed by atoms with Gasteiger partial charge in [0.15, 0.2) is 0 Å².